The number of rotatable bonds is 0. The minimum atomic E-state index is 0.979. The summed E-state index contributed by atoms with van der Waals surface area (Å²) in [4.78, 5) is 0. The summed E-state index contributed by atoms with van der Waals surface area (Å²) in [6, 6.07) is 9.69. The Bertz CT molecular complexity index is 228. The van der Waals surface area contributed by atoms with Gasteiger partial charge in [0.15, 0.2) is 0 Å². The van der Waals surface area contributed by atoms with Gasteiger partial charge in [0.2, 0.25) is 0 Å². The smallest absolute Gasteiger partial charge is 0.0227 e. The molecule has 0 aliphatic carbocycles. The molecule has 0 saturated heterocycles. The molecular weight excluding hydrogens is 128 g/mol. The Kier molecular flexibility index (Phi) is 2.12. The molecule has 0 spiro atoms. The predicted molar refractivity (Wildman–Crippen MR) is 40.7 cm³/mol. The minimum Gasteiger partial charge on any atom is -0.724 e. The van der Waals surface area contributed by atoms with E-state index in [1.807, 2.05) is 30.3 Å². The quantitative estimate of drug-likeness (QED) is 0.382. The monoisotopic (exact) mass is 133 g/mol. The van der Waals surface area contributed by atoms with Crippen molar-refractivity contribution in [3.05, 3.63) is 35.9 Å². The van der Waals surface area contributed by atoms with Gasteiger partial charge in [0.05, 0.1) is 0 Å². The van der Waals surface area contributed by atoms with Gasteiger partial charge in [-0.25, -0.2) is 5.25 Å². The van der Waals surface area contributed by atoms with Gasteiger partial charge >= 0.3 is 0 Å². The highest BCUT2D eigenvalue weighted by molar-refractivity contribution is 7.64. The molecule has 0 aliphatic heterocycles. The summed E-state index contributed by atoms with van der Waals surface area (Å²) in [7, 11) is 0. The third-order valence-electron chi connectivity index (χ3n) is 0.969. The first-order valence-electron chi connectivity index (χ1n) is 2.61. The molecule has 1 aromatic carbocycles. The molecular formula is C8H5S-. The second kappa shape index (κ2) is 3.11. The van der Waals surface area contributed by atoms with Crippen LogP contribution in [0.25, 0.3) is 0 Å². The molecule has 0 N–H and O–H groups in total. The van der Waals surface area contributed by atoms with Crippen LogP contribution in [0.2, 0.25) is 0 Å². The Balaban J connectivity index is 2.94. The van der Waals surface area contributed by atoms with Crippen LogP contribution in [-0.2, 0) is 12.6 Å². The first-order valence-corrected chi connectivity index (χ1v) is 3.02. The minimum absolute atomic E-state index is 0.979. The average Bonchev–Trinajstić information content (AvgIpc) is 1.91. The van der Waals surface area contributed by atoms with E-state index in [-0.39, 0.29) is 0 Å². The van der Waals surface area contributed by atoms with Crippen LogP contribution in [-0.4, -0.2) is 0 Å². The molecule has 0 nitrogen and oxygen atoms in total. The number of benzene rings is 1. The van der Waals surface area contributed by atoms with Crippen LogP contribution in [0.15, 0.2) is 30.3 Å². The van der Waals surface area contributed by atoms with E-state index in [1.165, 1.54) is 0 Å². The Morgan fingerprint density at radius 2 is 1.78 bits per heavy atom. The summed E-state index contributed by atoms with van der Waals surface area (Å²) in [6.45, 7) is 0. The molecule has 0 saturated carbocycles. The maximum Gasteiger partial charge on any atom is 0.0227 e. The normalized spacial score (nSPS) is 7.56. The van der Waals surface area contributed by atoms with Gasteiger partial charge in [0, 0.05) is 5.56 Å². The van der Waals surface area contributed by atoms with Crippen molar-refractivity contribution in [3.8, 4) is 11.2 Å². The molecule has 0 amide bonds. The standard InChI is InChI=1S/C8H6S/c9-7-6-8-4-2-1-3-5-8/h1-5,9H/p-1. The molecule has 0 unspecified atom stereocenters. The lowest BCUT2D eigenvalue weighted by molar-refractivity contribution is 1.65. The fraction of sp³-hybridized carbons (Fsp3) is 0. The third kappa shape index (κ3) is 1.75. The second-order valence-electron chi connectivity index (χ2n) is 1.59. The maximum atomic E-state index is 4.47. The summed E-state index contributed by atoms with van der Waals surface area (Å²) in [5, 5.41) is 2.42. The van der Waals surface area contributed by atoms with E-state index in [1.54, 1.807) is 0 Å². The van der Waals surface area contributed by atoms with Crippen molar-refractivity contribution in [3.63, 3.8) is 0 Å². The molecule has 0 heterocycles. The molecule has 1 heteroatoms. The van der Waals surface area contributed by atoms with Crippen molar-refractivity contribution in [2.75, 3.05) is 0 Å². The van der Waals surface area contributed by atoms with Gasteiger partial charge in [-0.15, -0.1) is 0 Å². The molecule has 0 fully saturated rings. The van der Waals surface area contributed by atoms with Crippen molar-refractivity contribution in [2.24, 2.45) is 0 Å². The molecule has 1 rings (SSSR count). The van der Waals surface area contributed by atoms with E-state index in [4.69, 9.17) is 0 Å². The van der Waals surface area contributed by atoms with Gasteiger partial charge < -0.3 is 12.6 Å². The molecule has 0 aromatic heterocycles. The Morgan fingerprint density at radius 1 is 1.11 bits per heavy atom. The summed E-state index contributed by atoms with van der Waals surface area (Å²) >= 11 is 4.47. The number of hydrogen-bond acceptors (Lipinski definition) is 1. The van der Waals surface area contributed by atoms with Crippen molar-refractivity contribution < 1.29 is 0 Å². The van der Waals surface area contributed by atoms with Crippen molar-refractivity contribution in [1.82, 2.24) is 0 Å². The predicted octanol–water partition coefficient (Wildman–Crippen LogP) is 1.54. The van der Waals surface area contributed by atoms with E-state index in [0.717, 1.165) is 5.56 Å². The van der Waals surface area contributed by atoms with E-state index in [9.17, 15) is 0 Å². The lowest BCUT2D eigenvalue weighted by atomic mass is 10.2. The van der Waals surface area contributed by atoms with Gasteiger partial charge in [-0.1, -0.05) is 24.1 Å². The highest BCUT2D eigenvalue weighted by Crippen LogP contribution is 1.93. The highest BCUT2D eigenvalue weighted by atomic mass is 32.1. The van der Waals surface area contributed by atoms with Crippen LogP contribution in [0, 0.1) is 11.2 Å². The van der Waals surface area contributed by atoms with Crippen LogP contribution >= 0.6 is 0 Å². The van der Waals surface area contributed by atoms with E-state index in [2.05, 4.69) is 23.8 Å². The molecule has 44 valence electrons. The zero-order valence-corrected chi connectivity index (χ0v) is 5.61. The van der Waals surface area contributed by atoms with Crippen LogP contribution in [0.5, 0.6) is 0 Å². The first kappa shape index (κ1) is 6.12. The van der Waals surface area contributed by atoms with E-state index >= 15 is 0 Å². The summed E-state index contributed by atoms with van der Waals surface area (Å²) < 4.78 is 0. The van der Waals surface area contributed by atoms with E-state index in [0.29, 0.717) is 0 Å². The van der Waals surface area contributed by atoms with Crippen LogP contribution < -0.4 is 0 Å². The zero-order chi connectivity index (χ0) is 6.53. The van der Waals surface area contributed by atoms with Gasteiger partial charge in [-0.05, 0) is 12.1 Å². The van der Waals surface area contributed by atoms with E-state index < -0.39 is 0 Å². The lowest BCUT2D eigenvalue weighted by Crippen LogP contribution is -1.68. The Morgan fingerprint density at radius 3 is 2.33 bits per heavy atom. The largest absolute Gasteiger partial charge is 0.724 e. The van der Waals surface area contributed by atoms with Crippen molar-refractivity contribution >= 4 is 12.6 Å². The SMILES string of the molecule is [S-]C#Cc1ccccc1. The number of hydrogen-bond donors (Lipinski definition) is 0. The van der Waals surface area contributed by atoms with Gasteiger partial charge in [0.1, 0.15) is 0 Å². The Labute approximate surface area is 60.3 Å². The molecule has 0 bridgehead atoms. The second-order valence-corrected chi connectivity index (χ2v) is 1.80. The molecule has 0 radical (unpaired) electrons. The zero-order valence-electron chi connectivity index (χ0n) is 4.79. The van der Waals surface area contributed by atoms with Crippen LogP contribution in [0.4, 0.5) is 0 Å². The summed E-state index contributed by atoms with van der Waals surface area (Å²) in [6.07, 6.45) is 0. The molecule has 0 atom stereocenters. The summed E-state index contributed by atoms with van der Waals surface area (Å²) in [5.74, 6) is 2.77. The fourth-order valence-electron chi connectivity index (χ4n) is 0.580. The maximum absolute atomic E-state index is 4.47. The first-order chi connectivity index (χ1) is 4.43. The lowest BCUT2D eigenvalue weighted by Gasteiger charge is -1.86. The summed E-state index contributed by atoms with van der Waals surface area (Å²) in [5.41, 5.74) is 0.979. The van der Waals surface area contributed by atoms with Crippen molar-refractivity contribution in [1.29, 1.82) is 0 Å². The third-order valence-corrected chi connectivity index (χ3v) is 1.07. The Hall–Kier alpha value is -1.00. The topological polar surface area (TPSA) is 0 Å². The van der Waals surface area contributed by atoms with Gasteiger partial charge in [-0.2, -0.15) is 0 Å². The van der Waals surface area contributed by atoms with Gasteiger partial charge in [-0.3, -0.25) is 0 Å². The molecule has 9 heavy (non-hydrogen) atoms. The average molecular weight is 133 g/mol. The van der Waals surface area contributed by atoms with Crippen molar-refractivity contribution in [2.45, 2.75) is 0 Å². The molecule has 0 aliphatic rings. The highest BCUT2D eigenvalue weighted by Gasteiger charge is 1.76. The van der Waals surface area contributed by atoms with Crippen LogP contribution in [0.1, 0.15) is 5.56 Å². The van der Waals surface area contributed by atoms with Gasteiger partial charge in [0.25, 0.3) is 0 Å². The fourth-order valence-corrected chi connectivity index (χ4v) is 0.698. The van der Waals surface area contributed by atoms with Crippen LogP contribution in [0.3, 0.4) is 0 Å². The molecule has 1 aromatic rings.